The summed E-state index contributed by atoms with van der Waals surface area (Å²) in [6.45, 7) is 3.71. The van der Waals surface area contributed by atoms with E-state index in [0.717, 1.165) is 60.7 Å². The summed E-state index contributed by atoms with van der Waals surface area (Å²) in [5, 5.41) is 2.97. The quantitative estimate of drug-likeness (QED) is 0.704. The highest BCUT2D eigenvalue weighted by Crippen LogP contribution is 2.41. The average Bonchev–Trinajstić information content (AvgIpc) is 3.55. The molecule has 1 aliphatic carbocycles. The smallest absolute Gasteiger partial charge is 0.329 e. The molecule has 31 heavy (non-hydrogen) atoms. The molecule has 3 aliphatic rings. The zero-order valence-electron chi connectivity index (χ0n) is 17.3. The number of aromatic nitrogens is 4. The minimum atomic E-state index is -0.203. The predicted octanol–water partition coefficient (Wildman–Crippen LogP) is 3.75. The highest BCUT2D eigenvalue weighted by atomic mass is 16.2. The molecule has 156 valence electrons. The normalized spacial score (nSPS) is 19.3. The molecule has 3 aromatic heterocycles. The predicted molar refractivity (Wildman–Crippen MR) is 118 cm³/mol. The number of nitrogens with zero attached hydrogens (tertiary/aromatic N) is 6. The number of hydrogen-bond acceptors (Lipinski definition) is 6. The molecule has 1 saturated carbocycles. The Morgan fingerprint density at radius 2 is 2.03 bits per heavy atom. The standard InChI is InChI=1S/C23H23N7O/c1-14-10-16(6-8-25-14)18-4-5-20-22(27-18)30(17-7-9-29(20)13-17)23(31)28-21-12-24-11-19(26-21)15-2-3-15/h4-6,8,10-12,15,17H,2-3,7,9,13H2,1H3,(H,26,28,31)/t17-/m0/s1. The Kier molecular flexibility index (Phi) is 4.12. The summed E-state index contributed by atoms with van der Waals surface area (Å²) in [4.78, 5) is 35.6. The van der Waals surface area contributed by atoms with Gasteiger partial charge in [0.1, 0.15) is 0 Å². The van der Waals surface area contributed by atoms with Crippen LogP contribution < -0.4 is 15.1 Å². The second-order valence-electron chi connectivity index (χ2n) is 8.52. The molecule has 6 rings (SSSR count). The van der Waals surface area contributed by atoms with Gasteiger partial charge in [0, 0.05) is 42.7 Å². The Morgan fingerprint density at radius 1 is 1.13 bits per heavy atom. The summed E-state index contributed by atoms with van der Waals surface area (Å²) in [7, 11) is 0. The summed E-state index contributed by atoms with van der Waals surface area (Å²) in [6, 6.07) is 7.94. The number of hydrogen-bond donors (Lipinski definition) is 1. The molecule has 0 radical (unpaired) electrons. The Balaban J connectivity index is 1.35. The monoisotopic (exact) mass is 413 g/mol. The first-order chi connectivity index (χ1) is 15.2. The van der Waals surface area contributed by atoms with Crippen molar-refractivity contribution >= 4 is 23.4 Å². The van der Waals surface area contributed by atoms with Crippen molar-refractivity contribution in [3.05, 3.63) is 54.2 Å². The fourth-order valence-corrected chi connectivity index (χ4v) is 4.52. The fraction of sp³-hybridized carbons (Fsp3) is 0.348. The largest absolute Gasteiger partial charge is 0.366 e. The first kappa shape index (κ1) is 18.2. The van der Waals surface area contributed by atoms with Crippen LogP contribution in [0, 0.1) is 6.92 Å². The summed E-state index contributed by atoms with van der Waals surface area (Å²) in [6.07, 6.45) is 8.40. The number of carbonyl (C=O) groups excluding carboxylic acids is 1. The van der Waals surface area contributed by atoms with Crippen molar-refractivity contribution in [2.45, 2.75) is 38.1 Å². The first-order valence-corrected chi connectivity index (χ1v) is 10.8. The SMILES string of the molecule is Cc1cc(-c2ccc3c(n2)N(C(=O)Nc2cncc(C4CC4)n2)[C@H]2CCN3C2)ccn1. The molecule has 0 spiro atoms. The van der Waals surface area contributed by atoms with Gasteiger partial charge in [-0.2, -0.15) is 0 Å². The molecular formula is C23H23N7O. The minimum Gasteiger partial charge on any atom is -0.366 e. The summed E-state index contributed by atoms with van der Waals surface area (Å²) >= 11 is 0. The molecule has 1 atom stereocenters. The molecule has 2 bridgehead atoms. The van der Waals surface area contributed by atoms with Crippen molar-refractivity contribution in [2.75, 3.05) is 28.2 Å². The third-order valence-electron chi connectivity index (χ3n) is 6.25. The molecule has 0 aromatic carbocycles. The van der Waals surface area contributed by atoms with E-state index in [1.807, 2.05) is 30.0 Å². The van der Waals surface area contributed by atoms with E-state index >= 15 is 0 Å². The van der Waals surface area contributed by atoms with Crippen LogP contribution in [0.2, 0.25) is 0 Å². The number of rotatable bonds is 3. The second kappa shape index (κ2) is 7.01. The topological polar surface area (TPSA) is 87.1 Å². The zero-order chi connectivity index (χ0) is 20.9. The van der Waals surface area contributed by atoms with Crippen molar-refractivity contribution in [2.24, 2.45) is 0 Å². The third-order valence-corrected chi connectivity index (χ3v) is 6.25. The van der Waals surface area contributed by atoms with E-state index in [0.29, 0.717) is 17.6 Å². The fourth-order valence-electron chi connectivity index (χ4n) is 4.52. The molecule has 3 aromatic rings. The third kappa shape index (κ3) is 3.28. The molecule has 2 aliphatic heterocycles. The van der Waals surface area contributed by atoms with Crippen LogP contribution in [0.5, 0.6) is 0 Å². The minimum absolute atomic E-state index is 0.0917. The zero-order valence-corrected chi connectivity index (χ0v) is 17.3. The van der Waals surface area contributed by atoms with E-state index < -0.39 is 0 Å². The number of aryl methyl sites for hydroxylation is 1. The van der Waals surface area contributed by atoms with Gasteiger partial charge in [0.15, 0.2) is 11.6 Å². The Morgan fingerprint density at radius 3 is 2.87 bits per heavy atom. The van der Waals surface area contributed by atoms with E-state index in [2.05, 4.69) is 31.2 Å². The van der Waals surface area contributed by atoms with Crippen LogP contribution in [0.4, 0.5) is 22.1 Å². The maximum atomic E-state index is 13.4. The van der Waals surface area contributed by atoms with E-state index in [9.17, 15) is 4.79 Å². The molecule has 5 heterocycles. The second-order valence-corrected chi connectivity index (χ2v) is 8.52. The number of nitrogens with one attached hydrogen (secondary N) is 1. The highest BCUT2D eigenvalue weighted by Gasteiger charge is 2.40. The van der Waals surface area contributed by atoms with Crippen LogP contribution in [0.25, 0.3) is 11.3 Å². The Hall–Kier alpha value is -3.55. The number of carbonyl (C=O) groups is 1. The number of fused-ring (bicyclic) bond motifs is 4. The molecule has 1 saturated heterocycles. The Bertz CT molecular complexity index is 1180. The average molecular weight is 413 g/mol. The number of urea groups is 1. The number of amides is 2. The number of pyridine rings is 2. The van der Waals surface area contributed by atoms with Crippen LogP contribution in [-0.4, -0.2) is 45.1 Å². The van der Waals surface area contributed by atoms with Gasteiger partial charge in [0.25, 0.3) is 0 Å². The van der Waals surface area contributed by atoms with Crippen molar-refractivity contribution < 1.29 is 4.79 Å². The summed E-state index contributed by atoms with van der Waals surface area (Å²) < 4.78 is 0. The maximum absolute atomic E-state index is 13.4. The molecular weight excluding hydrogens is 390 g/mol. The van der Waals surface area contributed by atoms with Crippen molar-refractivity contribution in [1.29, 1.82) is 0 Å². The van der Waals surface area contributed by atoms with Crippen LogP contribution >= 0.6 is 0 Å². The van der Waals surface area contributed by atoms with Crippen molar-refractivity contribution in [1.82, 2.24) is 19.9 Å². The molecule has 2 fully saturated rings. The van der Waals surface area contributed by atoms with Gasteiger partial charge in [0.05, 0.1) is 29.3 Å². The van der Waals surface area contributed by atoms with Gasteiger partial charge in [-0.05, 0) is 50.5 Å². The molecule has 1 N–H and O–H groups in total. The van der Waals surface area contributed by atoms with Gasteiger partial charge < -0.3 is 4.90 Å². The molecule has 2 amide bonds. The van der Waals surface area contributed by atoms with Gasteiger partial charge in [-0.15, -0.1) is 0 Å². The lowest BCUT2D eigenvalue weighted by atomic mass is 10.1. The van der Waals surface area contributed by atoms with Crippen molar-refractivity contribution in [3.8, 4) is 11.3 Å². The van der Waals surface area contributed by atoms with Crippen LogP contribution in [0.15, 0.2) is 42.9 Å². The van der Waals surface area contributed by atoms with E-state index in [-0.39, 0.29) is 12.1 Å². The number of anilines is 3. The highest BCUT2D eigenvalue weighted by molar-refractivity contribution is 6.04. The van der Waals surface area contributed by atoms with Gasteiger partial charge in [0.2, 0.25) is 0 Å². The van der Waals surface area contributed by atoms with E-state index in [1.54, 1.807) is 18.6 Å². The van der Waals surface area contributed by atoms with E-state index in [1.165, 1.54) is 0 Å². The summed E-state index contributed by atoms with van der Waals surface area (Å²) in [5.74, 6) is 1.68. The molecule has 8 heteroatoms. The lowest BCUT2D eigenvalue weighted by Gasteiger charge is -2.35. The van der Waals surface area contributed by atoms with Crippen LogP contribution in [0.1, 0.15) is 36.6 Å². The van der Waals surface area contributed by atoms with Crippen LogP contribution in [0.3, 0.4) is 0 Å². The van der Waals surface area contributed by atoms with Gasteiger partial charge in [-0.25, -0.2) is 14.8 Å². The van der Waals surface area contributed by atoms with Crippen molar-refractivity contribution in [3.63, 3.8) is 0 Å². The van der Waals surface area contributed by atoms with E-state index in [4.69, 9.17) is 4.98 Å². The van der Waals surface area contributed by atoms with Crippen LogP contribution in [-0.2, 0) is 0 Å². The Labute approximate surface area is 180 Å². The summed E-state index contributed by atoms with van der Waals surface area (Å²) in [5.41, 5.74) is 4.71. The first-order valence-electron chi connectivity index (χ1n) is 10.8. The van der Waals surface area contributed by atoms with Gasteiger partial charge in [-0.1, -0.05) is 0 Å². The lowest BCUT2D eigenvalue weighted by molar-refractivity contribution is 0.254. The molecule has 8 nitrogen and oxygen atoms in total. The molecule has 0 unspecified atom stereocenters. The maximum Gasteiger partial charge on any atom is 0.329 e. The lowest BCUT2D eigenvalue weighted by Crippen LogP contribution is -2.48. The van der Waals surface area contributed by atoms with Gasteiger partial charge >= 0.3 is 6.03 Å². The van der Waals surface area contributed by atoms with Gasteiger partial charge in [-0.3, -0.25) is 20.2 Å².